The Morgan fingerprint density at radius 1 is 0.304 bits per heavy atom. The van der Waals surface area contributed by atoms with Gasteiger partial charge in [-0.05, 0) is 103 Å². The fourth-order valence-electron chi connectivity index (χ4n) is 7.46. The monoisotopic (exact) mass is 967 g/mol. The van der Waals surface area contributed by atoms with E-state index in [0.717, 1.165) is 83.0 Å². The minimum Gasteiger partial charge on any atom is -0.300 e. The first-order valence-electron chi connectivity index (χ1n) is 29.8. The molecule has 0 radical (unpaired) electrons. The normalized spacial score (nSPS) is 11.5. The summed E-state index contributed by atoms with van der Waals surface area (Å²) in [6, 6.07) is 0. The fourth-order valence-corrected chi connectivity index (χ4v) is 7.46. The van der Waals surface area contributed by atoms with Crippen LogP contribution in [0.25, 0.3) is 0 Å². The van der Waals surface area contributed by atoms with Crippen molar-refractivity contribution in [3.63, 3.8) is 0 Å². The second-order valence-electron chi connectivity index (χ2n) is 21.4. The van der Waals surface area contributed by atoms with Crippen LogP contribution in [0.15, 0.2) is 48.6 Å². The first-order chi connectivity index (χ1) is 33.2. The van der Waals surface area contributed by atoms with E-state index >= 15 is 0 Å². The summed E-state index contributed by atoms with van der Waals surface area (Å²) < 4.78 is 0. The van der Waals surface area contributed by atoms with Crippen LogP contribution in [0.4, 0.5) is 0 Å². The van der Waals surface area contributed by atoms with E-state index in [1.165, 1.54) is 161 Å². The highest BCUT2D eigenvalue weighted by Gasteiger charge is 2.07. The molecule has 69 heavy (non-hydrogen) atoms. The number of hydrogen-bond donors (Lipinski definition) is 0. The lowest BCUT2D eigenvalue weighted by Gasteiger charge is -2.04. The number of hydrogen-bond acceptors (Lipinski definition) is 4. The molecular weight excluding hydrogens is 845 g/mol. The lowest BCUT2D eigenvalue weighted by atomic mass is 10.0. The molecule has 0 aliphatic rings. The minimum absolute atomic E-state index is 0.196. The number of rotatable bonds is 45. The third-order valence-corrected chi connectivity index (χ3v) is 12.5. The van der Waals surface area contributed by atoms with E-state index in [1.807, 2.05) is 41.5 Å². The van der Waals surface area contributed by atoms with Gasteiger partial charge in [-0.3, -0.25) is 14.4 Å². The van der Waals surface area contributed by atoms with Crippen LogP contribution in [0, 0.1) is 23.7 Å². The summed E-state index contributed by atoms with van der Waals surface area (Å²) in [6.07, 6.45) is 63.1. The quantitative estimate of drug-likeness (QED) is 0.0450. The predicted molar refractivity (Wildman–Crippen MR) is 309 cm³/mol. The van der Waals surface area contributed by atoms with Gasteiger partial charge in [-0.1, -0.05) is 247 Å². The number of carbonyl (C=O) groups is 4. The van der Waals surface area contributed by atoms with Crippen LogP contribution >= 0.6 is 0 Å². The number of allylic oxidation sites excluding steroid dienone is 8. The number of unbranched alkanes of at least 4 members (excludes halogenated alkanes) is 24. The minimum atomic E-state index is 0.196. The van der Waals surface area contributed by atoms with Gasteiger partial charge in [0.2, 0.25) is 0 Å². The van der Waals surface area contributed by atoms with Crippen LogP contribution in [-0.2, 0) is 19.2 Å². The van der Waals surface area contributed by atoms with Gasteiger partial charge >= 0.3 is 0 Å². The van der Waals surface area contributed by atoms with E-state index in [4.69, 9.17) is 0 Å². The summed E-state index contributed by atoms with van der Waals surface area (Å²) >= 11 is 0. The highest BCUT2D eigenvalue weighted by molar-refractivity contribution is 5.80. The molecule has 0 rings (SSSR count). The third-order valence-electron chi connectivity index (χ3n) is 12.5. The van der Waals surface area contributed by atoms with Crippen molar-refractivity contribution in [3.8, 4) is 0 Å². The lowest BCUT2D eigenvalue weighted by molar-refractivity contribution is -0.122. The zero-order chi connectivity index (χ0) is 52.4. The molecular formula is C65H122O4. The maximum absolute atomic E-state index is 11.5. The standard InChI is InChI=1S/C21H40O.C21H36O.C15H30O.C8H16O/c2*1-4-5-6-7-8-9-10-11-12-13-14-15-16-17-18-19-21(22)20(2)3;1-4-5-6-7-8-9-10-11-12-13-15(16)14(2)3;1-7(2)5-4-6-8(3)9/h11-12,20H,4-10,13-19H2,1-3H3;8-9,11-12,14-15,20H,4-7,10,13,16-19H2,1-3H3;14H,4-13H2,1-3H3;7H,4-6H2,1-3H3/b12-11-;9-8-,12-11-,15-14-;;. The van der Waals surface area contributed by atoms with Crippen molar-refractivity contribution in [1.29, 1.82) is 0 Å². The van der Waals surface area contributed by atoms with Crippen molar-refractivity contribution in [2.75, 3.05) is 0 Å². The Morgan fingerprint density at radius 2 is 0.551 bits per heavy atom. The van der Waals surface area contributed by atoms with Gasteiger partial charge in [-0.15, -0.1) is 0 Å². The molecule has 0 saturated carbocycles. The highest BCUT2D eigenvalue weighted by atomic mass is 16.1. The van der Waals surface area contributed by atoms with Gasteiger partial charge in [0.25, 0.3) is 0 Å². The van der Waals surface area contributed by atoms with E-state index in [0.29, 0.717) is 23.1 Å². The number of Topliss-reactive ketones (excluding diaryl/α,β-unsaturated/α-hetero) is 4. The van der Waals surface area contributed by atoms with Gasteiger partial charge in [-0.2, -0.15) is 0 Å². The molecule has 0 N–H and O–H groups in total. The molecule has 0 unspecified atom stereocenters. The van der Waals surface area contributed by atoms with Gasteiger partial charge in [0.1, 0.15) is 23.1 Å². The van der Waals surface area contributed by atoms with E-state index < -0.39 is 0 Å². The average Bonchev–Trinajstić information content (AvgIpc) is 3.31. The summed E-state index contributed by atoms with van der Waals surface area (Å²) in [5, 5.41) is 0. The highest BCUT2D eigenvalue weighted by Crippen LogP contribution is 2.14. The summed E-state index contributed by atoms with van der Waals surface area (Å²) in [6.45, 7) is 24.7. The molecule has 0 aromatic carbocycles. The van der Waals surface area contributed by atoms with Crippen molar-refractivity contribution >= 4 is 23.1 Å². The summed E-state index contributed by atoms with van der Waals surface area (Å²) in [4.78, 5) is 44.7. The van der Waals surface area contributed by atoms with E-state index in [2.05, 4.69) is 83.2 Å². The maximum atomic E-state index is 11.5. The largest absolute Gasteiger partial charge is 0.300 e. The molecule has 4 heteroatoms. The molecule has 4 nitrogen and oxygen atoms in total. The van der Waals surface area contributed by atoms with Crippen LogP contribution in [0.1, 0.15) is 321 Å². The molecule has 0 aromatic heterocycles. The van der Waals surface area contributed by atoms with Crippen molar-refractivity contribution in [2.45, 2.75) is 321 Å². The zero-order valence-corrected chi connectivity index (χ0v) is 48.7. The number of carbonyl (C=O) groups excluding carboxylic acids is 4. The van der Waals surface area contributed by atoms with Crippen LogP contribution in [0.5, 0.6) is 0 Å². The van der Waals surface area contributed by atoms with Gasteiger partial charge < -0.3 is 4.79 Å². The topological polar surface area (TPSA) is 68.3 Å². The van der Waals surface area contributed by atoms with Crippen LogP contribution in [0.2, 0.25) is 0 Å². The van der Waals surface area contributed by atoms with Crippen molar-refractivity contribution in [2.24, 2.45) is 23.7 Å². The molecule has 0 fully saturated rings. The summed E-state index contributed by atoms with van der Waals surface area (Å²) in [7, 11) is 0. The van der Waals surface area contributed by atoms with E-state index in [-0.39, 0.29) is 17.8 Å². The Morgan fingerprint density at radius 3 is 0.870 bits per heavy atom. The van der Waals surface area contributed by atoms with Crippen molar-refractivity contribution < 1.29 is 19.2 Å². The second-order valence-corrected chi connectivity index (χ2v) is 21.4. The fraction of sp³-hybridized carbons (Fsp3) is 0.815. The second kappa shape index (κ2) is 61.8. The lowest BCUT2D eigenvalue weighted by Crippen LogP contribution is -2.05. The first-order valence-corrected chi connectivity index (χ1v) is 29.8. The molecule has 0 saturated heterocycles. The Bertz CT molecular complexity index is 1200. The molecule has 0 spiro atoms. The summed E-state index contributed by atoms with van der Waals surface area (Å²) in [5.74, 6) is 2.96. The molecule has 0 aromatic rings. The number of ketones is 4. The maximum Gasteiger partial charge on any atom is 0.135 e. The molecule has 0 atom stereocenters. The van der Waals surface area contributed by atoms with Crippen LogP contribution in [0.3, 0.4) is 0 Å². The molecule has 0 bridgehead atoms. The Labute approximate surface area is 433 Å². The van der Waals surface area contributed by atoms with Gasteiger partial charge in [0.05, 0.1) is 0 Å². The van der Waals surface area contributed by atoms with Gasteiger partial charge in [-0.25, -0.2) is 0 Å². The van der Waals surface area contributed by atoms with Gasteiger partial charge in [0, 0.05) is 43.4 Å². The van der Waals surface area contributed by atoms with E-state index in [9.17, 15) is 19.2 Å². The Balaban J connectivity index is -0.000000426. The van der Waals surface area contributed by atoms with Crippen molar-refractivity contribution in [3.05, 3.63) is 48.6 Å². The van der Waals surface area contributed by atoms with Crippen LogP contribution < -0.4 is 0 Å². The first kappa shape index (κ1) is 73.2. The van der Waals surface area contributed by atoms with Crippen LogP contribution in [-0.4, -0.2) is 23.1 Å². The Kier molecular flexibility index (Phi) is 65.5. The zero-order valence-electron chi connectivity index (χ0n) is 48.7. The van der Waals surface area contributed by atoms with Crippen molar-refractivity contribution in [1.82, 2.24) is 0 Å². The molecule has 0 aliphatic heterocycles. The SMILES string of the molecule is CC(=O)CCCC(C)C.CCCCC/C=C\C/C=C\C/C=C\CCCCC(=O)C(C)C.CCCCCCCC/C=C\CCCCCCCC(=O)C(C)C.CCCCCCCCCCCC(=O)C(C)C. The van der Waals surface area contributed by atoms with E-state index in [1.54, 1.807) is 6.92 Å². The summed E-state index contributed by atoms with van der Waals surface area (Å²) in [5.41, 5.74) is 0. The third kappa shape index (κ3) is 72.3. The molecule has 0 heterocycles. The molecule has 406 valence electrons. The van der Waals surface area contributed by atoms with Gasteiger partial charge in [0.15, 0.2) is 0 Å². The average molecular weight is 968 g/mol. The predicted octanol–water partition coefficient (Wildman–Crippen LogP) is 21.6. The molecule has 0 amide bonds. The smallest absolute Gasteiger partial charge is 0.135 e. The Hall–Kier alpha value is -2.36. The molecule has 0 aliphatic carbocycles.